The van der Waals surface area contributed by atoms with Crippen molar-refractivity contribution >= 4 is 6.09 Å². The van der Waals surface area contributed by atoms with Gasteiger partial charge in [-0.2, -0.15) is 0 Å². The standard InChI is InChI=1S/C11H21NO3/c13-8-9-15-11(14)12-7-3-6-10-4-1-2-5-10/h10,13H,1-9H2,(H,12,14). The molecule has 15 heavy (non-hydrogen) atoms. The third-order valence-corrected chi connectivity index (χ3v) is 2.86. The van der Waals surface area contributed by atoms with Crippen molar-refractivity contribution in [3.05, 3.63) is 0 Å². The van der Waals surface area contributed by atoms with Crippen LogP contribution in [0.2, 0.25) is 0 Å². The van der Waals surface area contributed by atoms with Gasteiger partial charge in [-0.25, -0.2) is 4.79 Å². The van der Waals surface area contributed by atoms with Crippen LogP contribution in [0.5, 0.6) is 0 Å². The molecule has 0 atom stereocenters. The van der Waals surface area contributed by atoms with Crippen molar-refractivity contribution in [3.8, 4) is 0 Å². The van der Waals surface area contributed by atoms with Crippen LogP contribution < -0.4 is 5.32 Å². The number of carbonyl (C=O) groups is 1. The van der Waals surface area contributed by atoms with Gasteiger partial charge in [0.2, 0.25) is 0 Å². The third kappa shape index (κ3) is 5.62. The second-order valence-corrected chi connectivity index (χ2v) is 4.08. The largest absolute Gasteiger partial charge is 0.447 e. The molecule has 1 aliphatic rings. The smallest absolute Gasteiger partial charge is 0.407 e. The summed E-state index contributed by atoms with van der Waals surface area (Å²) in [5.41, 5.74) is 0. The molecule has 2 N–H and O–H groups in total. The lowest BCUT2D eigenvalue weighted by atomic mass is 10.0. The highest BCUT2D eigenvalue weighted by Gasteiger charge is 2.14. The summed E-state index contributed by atoms with van der Waals surface area (Å²) in [4.78, 5) is 11.0. The molecule has 0 aromatic carbocycles. The van der Waals surface area contributed by atoms with Crippen molar-refractivity contribution in [1.82, 2.24) is 5.32 Å². The van der Waals surface area contributed by atoms with Crippen LogP contribution in [-0.4, -0.2) is 31.0 Å². The minimum absolute atomic E-state index is 0.0778. The highest BCUT2D eigenvalue weighted by Crippen LogP contribution is 2.28. The van der Waals surface area contributed by atoms with Crippen molar-refractivity contribution in [2.75, 3.05) is 19.8 Å². The van der Waals surface area contributed by atoms with E-state index in [9.17, 15) is 4.79 Å². The molecule has 1 aliphatic carbocycles. The fourth-order valence-corrected chi connectivity index (χ4v) is 2.07. The Kier molecular flexibility index (Phi) is 6.16. The first-order valence-electron chi connectivity index (χ1n) is 5.84. The summed E-state index contributed by atoms with van der Waals surface area (Å²) in [5.74, 6) is 0.875. The van der Waals surface area contributed by atoms with Crippen molar-refractivity contribution in [1.29, 1.82) is 0 Å². The van der Waals surface area contributed by atoms with Crippen LogP contribution in [0.15, 0.2) is 0 Å². The lowest BCUT2D eigenvalue weighted by Crippen LogP contribution is -2.26. The van der Waals surface area contributed by atoms with E-state index in [1.165, 1.54) is 32.1 Å². The van der Waals surface area contributed by atoms with Crippen LogP contribution in [0.3, 0.4) is 0 Å². The average Bonchev–Trinajstić information content (AvgIpc) is 2.74. The number of ether oxygens (including phenoxy) is 1. The van der Waals surface area contributed by atoms with Gasteiger partial charge >= 0.3 is 6.09 Å². The summed E-state index contributed by atoms with van der Waals surface area (Å²) in [7, 11) is 0. The van der Waals surface area contributed by atoms with Crippen LogP contribution >= 0.6 is 0 Å². The van der Waals surface area contributed by atoms with E-state index in [0.29, 0.717) is 6.54 Å². The van der Waals surface area contributed by atoms with Gasteiger partial charge in [0.25, 0.3) is 0 Å². The molecule has 1 saturated carbocycles. The molecule has 4 nitrogen and oxygen atoms in total. The highest BCUT2D eigenvalue weighted by atomic mass is 16.6. The SMILES string of the molecule is O=C(NCCCC1CCCC1)OCCO. The zero-order valence-electron chi connectivity index (χ0n) is 9.21. The maximum atomic E-state index is 11.0. The molecule has 0 aromatic rings. The van der Waals surface area contributed by atoms with Gasteiger partial charge in [-0.15, -0.1) is 0 Å². The Bertz CT molecular complexity index is 179. The van der Waals surface area contributed by atoms with Gasteiger partial charge in [0.15, 0.2) is 0 Å². The van der Waals surface area contributed by atoms with E-state index in [1.54, 1.807) is 0 Å². The van der Waals surface area contributed by atoms with E-state index in [4.69, 9.17) is 5.11 Å². The molecule has 0 saturated heterocycles. The Morgan fingerprint density at radius 3 is 2.80 bits per heavy atom. The molecule has 0 spiro atoms. The first-order valence-corrected chi connectivity index (χ1v) is 5.84. The van der Waals surface area contributed by atoms with Gasteiger partial charge in [-0.3, -0.25) is 0 Å². The van der Waals surface area contributed by atoms with Crippen LogP contribution in [0.4, 0.5) is 4.79 Å². The summed E-state index contributed by atoms with van der Waals surface area (Å²) in [6.07, 6.45) is 7.27. The number of rotatable bonds is 6. The van der Waals surface area contributed by atoms with E-state index in [0.717, 1.165) is 12.3 Å². The van der Waals surface area contributed by atoms with Crippen molar-refractivity contribution in [3.63, 3.8) is 0 Å². The van der Waals surface area contributed by atoms with Crippen molar-refractivity contribution in [2.45, 2.75) is 38.5 Å². The summed E-state index contributed by atoms with van der Waals surface area (Å²) in [6.45, 7) is 0.644. The number of hydrogen-bond donors (Lipinski definition) is 2. The molecule has 0 heterocycles. The molecular formula is C11H21NO3. The van der Waals surface area contributed by atoms with Gasteiger partial charge in [-0.05, 0) is 18.8 Å². The van der Waals surface area contributed by atoms with Gasteiger partial charge in [0.1, 0.15) is 6.61 Å². The predicted molar refractivity (Wildman–Crippen MR) is 57.6 cm³/mol. The molecular weight excluding hydrogens is 194 g/mol. The molecule has 88 valence electrons. The number of aliphatic hydroxyl groups is 1. The highest BCUT2D eigenvalue weighted by molar-refractivity contribution is 5.66. The molecule has 0 bridgehead atoms. The Labute approximate surface area is 91.0 Å². The van der Waals surface area contributed by atoms with Gasteiger partial charge in [0.05, 0.1) is 6.61 Å². The number of aliphatic hydroxyl groups excluding tert-OH is 1. The van der Waals surface area contributed by atoms with Crippen molar-refractivity contribution < 1.29 is 14.6 Å². The number of nitrogens with one attached hydrogen (secondary N) is 1. The van der Waals surface area contributed by atoms with Crippen LogP contribution in [0.1, 0.15) is 38.5 Å². The molecule has 0 aromatic heterocycles. The van der Waals surface area contributed by atoms with Crippen molar-refractivity contribution in [2.24, 2.45) is 5.92 Å². The lowest BCUT2D eigenvalue weighted by Gasteiger charge is -2.09. The zero-order chi connectivity index (χ0) is 10.9. The summed E-state index contributed by atoms with van der Waals surface area (Å²) in [6, 6.07) is 0. The third-order valence-electron chi connectivity index (χ3n) is 2.86. The summed E-state index contributed by atoms with van der Waals surface area (Å²) in [5, 5.41) is 11.1. The van der Waals surface area contributed by atoms with Gasteiger partial charge < -0.3 is 15.2 Å². The van der Waals surface area contributed by atoms with Crippen LogP contribution in [0.25, 0.3) is 0 Å². The zero-order valence-corrected chi connectivity index (χ0v) is 9.21. The fourth-order valence-electron chi connectivity index (χ4n) is 2.07. The maximum Gasteiger partial charge on any atom is 0.407 e. The Hall–Kier alpha value is -0.770. The predicted octanol–water partition coefficient (Wildman–Crippen LogP) is 1.68. The average molecular weight is 215 g/mol. The molecule has 1 fully saturated rings. The Balaban J connectivity index is 1.89. The quantitative estimate of drug-likeness (QED) is 0.663. The first kappa shape index (κ1) is 12.3. The maximum absolute atomic E-state index is 11.0. The van der Waals surface area contributed by atoms with Crippen LogP contribution in [0, 0.1) is 5.92 Å². The van der Waals surface area contributed by atoms with E-state index < -0.39 is 6.09 Å². The number of alkyl carbamates (subject to hydrolysis) is 1. The molecule has 0 unspecified atom stereocenters. The number of hydrogen-bond acceptors (Lipinski definition) is 3. The number of carbonyl (C=O) groups excluding carboxylic acids is 1. The van der Waals surface area contributed by atoms with Gasteiger partial charge in [-0.1, -0.05) is 25.7 Å². The summed E-state index contributed by atoms with van der Waals surface area (Å²) >= 11 is 0. The Morgan fingerprint density at radius 2 is 2.13 bits per heavy atom. The van der Waals surface area contributed by atoms with Crippen LogP contribution in [-0.2, 0) is 4.74 Å². The topological polar surface area (TPSA) is 58.6 Å². The molecule has 1 rings (SSSR count). The summed E-state index contributed by atoms with van der Waals surface area (Å²) < 4.78 is 4.66. The fraction of sp³-hybridized carbons (Fsp3) is 0.909. The van der Waals surface area contributed by atoms with E-state index in [2.05, 4.69) is 10.1 Å². The lowest BCUT2D eigenvalue weighted by molar-refractivity contribution is 0.119. The second kappa shape index (κ2) is 7.51. The first-order chi connectivity index (χ1) is 7.33. The Morgan fingerprint density at radius 1 is 1.40 bits per heavy atom. The normalized spacial score (nSPS) is 16.6. The molecule has 1 amide bonds. The molecule has 0 radical (unpaired) electrons. The number of amides is 1. The van der Waals surface area contributed by atoms with E-state index in [1.807, 2.05) is 0 Å². The van der Waals surface area contributed by atoms with Gasteiger partial charge in [0, 0.05) is 6.54 Å². The minimum Gasteiger partial charge on any atom is -0.447 e. The molecule has 0 aliphatic heterocycles. The monoisotopic (exact) mass is 215 g/mol. The second-order valence-electron chi connectivity index (χ2n) is 4.08. The molecule has 4 heteroatoms. The van der Waals surface area contributed by atoms with E-state index in [-0.39, 0.29) is 13.2 Å². The van der Waals surface area contributed by atoms with E-state index >= 15 is 0 Å². The minimum atomic E-state index is -0.421.